The van der Waals surface area contributed by atoms with Crippen LogP contribution in [0.3, 0.4) is 0 Å². The largest absolute Gasteiger partial charge is 0.489 e. The number of carbonyl (C=O) groups excluding carboxylic acids is 1. The van der Waals surface area contributed by atoms with Crippen molar-refractivity contribution >= 4 is 27.5 Å². The Kier molecular flexibility index (Phi) is 6.26. The summed E-state index contributed by atoms with van der Waals surface area (Å²) in [6.45, 7) is 2.86. The van der Waals surface area contributed by atoms with Gasteiger partial charge < -0.3 is 9.47 Å². The lowest BCUT2D eigenvalue weighted by Gasteiger charge is -2.17. The number of benzene rings is 5. The Morgan fingerprint density at radius 2 is 1.24 bits per heavy atom. The maximum atomic E-state index is 12.3. The van der Waals surface area contributed by atoms with Crippen molar-refractivity contribution in [2.24, 2.45) is 0 Å². The van der Waals surface area contributed by atoms with Gasteiger partial charge in [-0.05, 0) is 63.4 Å². The van der Waals surface area contributed by atoms with Crippen molar-refractivity contribution in [1.29, 1.82) is 0 Å². The van der Waals surface area contributed by atoms with Crippen LogP contribution in [0.15, 0.2) is 103 Å². The van der Waals surface area contributed by atoms with Crippen molar-refractivity contribution in [2.75, 3.05) is 0 Å². The highest BCUT2D eigenvalue weighted by Gasteiger charge is 2.13. The van der Waals surface area contributed by atoms with Crippen LogP contribution in [-0.4, -0.2) is 5.97 Å². The first-order chi connectivity index (χ1) is 16.7. The first-order valence-electron chi connectivity index (χ1n) is 11.6. The standard InChI is InChI=1S/C31H26O3/c1-2-25-26-15-6-8-17-28(26)30(29-18-9-7-16-27(25)29)21-33-24-14-10-11-22(19-24)20-34-31(32)23-12-4-3-5-13-23/h3-19H,2,20-21H2,1H3. The van der Waals surface area contributed by atoms with Gasteiger partial charge >= 0.3 is 5.97 Å². The van der Waals surface area contributed by atoms with E-state index in [1.165, 1.54) is 32.7 Å². The van der Waals surface area contributed by atoms with Gasteiger partial charge in [-0.25, -0.2) is 4.79 Å². The van der Waals surface area contributed by atoms with Gasteiger partial charge in [-0.1, -0.05) is 85.8 Å². The summed E-state index contributed by atoms with van der Waals surface area (Å²) in [6, 6.07) is 33.9. The molecule has 5 rings (SSSR count). The summed E-state index contributed by atoms with van der Waals surface area (Å²) in [6.07, 6.45) is 0.978. The summed E-state index contributed by atoms with van der Waals surface area (Å²) in [5.74, 6) is 0.418. The van der Waals surface area contributed by atoms with E-state index in [0.29, 0.717) is 12.2 Å². The van der Waals surface area contributed by atoms with Crippen molar-refractivity contribution in [3.8, 4) is 5.75 Å². The molecule has 5 aromatic carbocycles. The number of ether oxygens (including phenoxy) is 2. The molecular weight excluding hydrogens is 420 g/mol. The molecule has 0 aliphatic heterocycles. The van der Waals surface area contributed by atoms with Gasteiger partial charge in [-0.3, -0.25) is 0 Å². The summed E-state index contributed by atoms with van der Waals surface area (Å²) in [7, 11) is 0. The lowest BCUT2D eigenvalue weighted by molar-refractivity contribution is 0.0472. The minimum absolute atomic E-state index is 0.196. The molecule has 3 nitrogen and oxygen atoms in total. The monoisotopic (exact) mass is 446 g/mol. The molecule has 34 heavy (non-hydrogen) atoms. The summed E-state index contributed by atoms with van der Waals surface area (Å²) >= 11 is 0. The van der Waals surface area contributed by atoms with Gasteiger partial charge in [-0.2, -0.15) is 0 Å². The normalized spacial score (nSPS) is 11.0. The number of hydrogen-bond acceptors (Lipinski definition) is 3. The van der Waals surface area contributed by atoms with Crippen LogP contribution < -0.4 is 4.74 Å². The average Bonchev–Trinajstić information content (AvgIpc) is 2.90. The smallest absolute Gasteiger partial charge is 0.338 e. The number of aryl methyl sites for hydroxylation is 1. The van der Waals surface area contributed by atoms with Gasteiger partial charge in [0.2, 0.25) is 0 Å². The second-order valence-corrected chi connectivity index (χ2v) is 8.28. The van der Waals surface area contributed by atoms with E-state index in [1.54, 1.807) is 12.1 Å². The third-order valence-electron chi connectivity index (χ3n) is 6.17. The van der Waals surface area contributed by atoms with Crippen LogP contribution in [0.1, 0.15) is 34.0 Å². The number of carbonyl (C=O) groups is 1. The highest BCUT2D eigenvalue weighted by molar-refractivity contribution is 6.05. The lowest BCUT2D eigenvalue weighted by atomic mass is 9.91. The fourth-order valence-electron chi connectivity index (χ4n) is 4.53. The fraction of sp³-hybridized carbons (Fsp3) is 0.129. The van der Waals surface area contributed by atoms with Gasteiger partial charge in [0.25, 0.3) is 0 Å². The molecule has 5 aromatic rings. The van der Waals surface area contributed by atoms with Crippen LogP contribution in [0.5, 0.6) is 5.75 Å². The van der Waals surface area contributed by atoms with Crippen molar-refractivity contribution in [3.05, 3.63) is 125 Å². The highest BCUT2D eigenvalue weighted by Crippen LogP contribution is 2.34. The number of fused-ring (bicyclic) bond motifs is 2. The van der Waals surface area contributed by atoms with Gasteiger partial charge in [0, 0.05) is 5.56 Å². The minimum atomic E-state index is -0.333. The SMILES string of the molecule is CCc1c2ccccc2c(COc2cccc(COC(=O)c3ccccc3)c2)c2ccccc12. The maximum absolute atomic E-state index is 12.3. The molecule has 0 aliphatic rings. The molecule has 0 amide bonds. The predicted octanol–water partition coefficient (Wildman–Crippen LogP) is 7.49. The zero-order chi connectivity index (χ0) is 23.3. The molecule has 0 bridgehead atoms. The van der Waals surface area contributed by atoms with E-state index in [9.17, 15) is 4.79 Å². The Hall–Kier alpha value is -4.11. The van der Waals surface area contributed by atoms with Crippen LogP contribution >= 0.6 is 0 Å². The first kappa shape index (κ1) is 21.7. The van der Waals surface area contributed by atoms with E-state index in [-0.39, 0.29) is 12.6 Å². The Morgan fingerprint density at radius 3 is 1.85 bits per heavy atom. The second kappa shape index (κ2) is 9.80. The van der Waals surface area contributed by atoms with Gasteiger partial charge in [-0.15, -0.1) is 0 Å². The van der Waals surface area contributed by atoms with Crippen molar-refractivity contribution in [2.45, 2.75) is 26.6 Å². The average molecular weight is 447 g/mol. The minimum Gasteiger partial charge on any atom is -0.489 e. The van der Waals surface area contributed by atoms with Crippen molar-refractivity contribution in [3.63, 3.8) is 0 Å². The molecule has 0 N–H and O–H groups in total. The number of esters is 1. The molecule has 0 unspecified atom stereocenters. The molecule has 0 heterocycles. The Bertz CT molecular complexity index is 1400. The van der Waals surface area contributed by atoms with E-state index in [1.807, 2.05) is 42.5 Å². The van der Waals surface area contributed by atoms with Crippen molar-refractivity contribution in [1.82, 2.24) is 0 Å². The molecule has 0 radical (unpaired) electrons. The van der Waals surface area contributed by atoms with E-state index < -0.39 is 0 Å². The molecule has 3 heteroatoms. The van der Waals surface area contributed by atoms with E-state index in [2.05, 4.69) is 55.5 Å². The fourth-order valence-corrected chi connectivity index (χ4v) is 4.53. The zero-order valence-corrected chi connectivity index (χ0v) is 19.2. The number of hydrogen-bond donors (Lipinski definition) is 0. The van der Waals surface area contributed by atoms with Crippen LogP contribution in [0, 0.1) is 0 Å². The van der Waals surface area contributed by atoms with Gasteiger partial charge in [0.1, 0.15) is 19.0 Å². The zero-order valence-electron chi connectivity index (χ0n) is 19.2. The summed E-state index contributed by atoms with van der Waals surface area (Å²) in [5, 5.41) is 5.02. The van der Waals surface area contributed by atoms with Crippen LogP contribution in [0.4, 0.5) is 0 Å². The molecule has 0 fully saturated rings. The number of rotatable bonds is 7. The van der Waals surface area contributed by atoms with Crippen LogP contribution in [-0.2, 0) is 24.4 Å². The molecule has 0 saturated heterocycles. The van der Waals surface area contributed by atoms with Crippen LogP contribution in [0.2, 0.25) is 0 Å². The van der Waals surface area contributed by atoms with Crippen LogP contribution in [0.25, 0.3) is 21.5 Å². The Morgan fingerprint density at radius 1 is 0.647 bits per heavy atom. The molecule has 0 atom stereocenters. The summed E-state index contributed by atoms with van der Waals surface area (Å²) in [4.78, 5) is 12.3. The third kappa shape index (κ3) is 4.38. The summed E-state index contributed by atoms with van der Waals surface area (Å²) in [5.41, 5.74) is 3.99. The topological polar surface area (TPSA) is 35.5 Å². The lowest BCUT2D eigenvalue weighted by Crippen LogP contribution is -2.05. The second-order valence-electron chi connectivity index (χ2n) is 8.28. The summed E-state index contributed by atoms with van der Waals surface area (Å²) < 4.78 is 11.8. The van der Waals surface area contributed by atoms with E-state index in [4.69, 9.17) is 9.47 Å². The molecule has 0 aliphatic carbocycles. The van der Waals surface area contributed by atoms with E-state index >= 15 is 0 Å². The predicted molar refractivity (Wildman–Crippen MR) is 137 cm³/mol. The Balaban J connectivity index is 1.38. The molecule has 0 spiro atoms. The first-order valence-corrected chi connectivity index (χ1v) is 11.6. The highest BCUT2D eigenvalue weighted by atomic mass is 16.5. The Labute approximate surface area is 199 Å². The maximum Gasteiger partial charge on any atom is 0.338 e. The van der Waals surface area contributed by atoms with Gasteiger partial charge in [0.05, 0.1) is 5.56 Å². The van der Waals surface area contributed by atoms with Gasteiger partial charge in [0.15, 0.2) is 0 Å². The van der Waals surface area contributed by atoms with E-state index in [0.717, 1.165) is 17.7 Å². The quantitative estimate of drug-likeness (QED) is 0.192. The third-order valence-corrected chi connectivity index (χ3v) is 6.17. The molecule has 0 saturated carbocycles. The molecular formula is C31H26O3. The molecule has 168 valence electrons. The van der Waals surface area contributed by atoms with Crippen molar-refractivity contribution < 1.29 is 14.3 Å². The molecule has 0 aromatic heterocycles.